The van der Waals surface area contributed by atoms with Crippen molar-refractivity contribution in [3.63, 3.8) is 0 Å². The van der Waals surface area contributed by atoms with Crippen molar-refractivity contribution in [1.82, 2.24) is 0 Å². The van der Waals surface area contributed by atoms with E-state index >= 15 is 0 Å². The fraction of sp³-hybridized carbons (Fsp3) is 0.750. The highest BCUT2D eigenvalue weighted by molar-refractivity contribution is 6.68. The molecule has 0 aromatic carbocycles. The zero-order chi connectivity index (χ0) is 8.36. The predicted octanol–water partition coefficient (Wildman–Crippen LogP) is 2.44. The van der Waals surface area contributed by atoms with Gasteiger partial charge in [0, 0.05) is 0 Å². The molecule has 10 heavy (non-hydrogen) atoms. The number of hydrogen-bond acceptors (Lipinski definition) is 2. The summed E-state index contributed by atoms with van der Waals surface area (Å²) in [5, 5.41) is 8.05. The van der Waals surface area contributed by atoms with Crippen LogP contribution < -0.4 is 0 Å². The molecule has 0 rings (SSSR count). The van der Waals surface area contributed by atoms with Gasteiger partial charge in [0.1, 0.15) is 6.10 Å². The van der Waals surface area contributed by atoms with Crippen LogP contribution in [-0.2, 0) is 4.74 Å². The maximum Gasteiger partial charge on any atom is 0.506 e. The van der Waals surface area contributed by atoms with Gasteiger partial charge in [0.05, 0.1) is 0 Å². The summed E-state index contributed by atoms with van der Waals surface area (Å²) >= 11 is 15.8. The van der Waals surface area contributed by atoms with E-state index in [1.165, 1.54) is 6.92 Å². The van der Waals surface area contributed by atoms with Crippen LogP contribution in [0.25, 0.3) is 0 Å². The van der Waals surface area contributed by atoms with Crippen molar-refractivity contribution in [2.75, 3.05) is 0 Å². The quantitative estimate of drug-likeness (QED) is 0.531. The Labute approximate surface area is 72.8 Å². The van der Waals surface area contributed by atoms with Crippen LogP contribution in [0.4, 0.5) is 4.79 Å². The van der Waals surface area contributed by atoms with E-state index in [-0.39, 0.29) is 0 Å². The summed E-state index contributed by atoms with van der Waals surface area (Å²) < 4.78 is 2.44. The van der Waals surface area contributed by atoms with E-state index in [0.717, 1.165) is 0 Å². The van der Waals surface area contributed by atoms with Crippen molar-refractivity contribution in [3.8, 4) is 0 Å². The van der Waals surface area contributed by atoms with Gasteiger partial charge in [-0.25, -0.2) is 4.79 Å². The Hall–Kier alpha value is 0.140. The van der Waals surface area contributed by atoms with Crippen LogP contribution in [0.1, 0.15) is 6.92 Å². The third-order valence-electron chi connectivity index (χ3n) is 0.739. The molecule has 3 nitrogen and oxygen atoms in total. The monoisotopic (exact) mass is 206 g/mol. The molecule has 0 aliphatic heterocycles. The molecular formula is C4H5Cl3O3. The number of halogens is 3. The molecule has 0 fully saturated rings. The minimum atomic E-state index is -1.70. The Morgan fingerprint density at radius 3 is 2.10 bits per heavy atom. The van der Waals surface area contributed by atoms with Gasteiger partial charge in [-0.1, -0.05) is 34.8 Å². The Morgan fingerprint density at radius 1 is 1.60 bits per heavy atom. The number of carboxylic acid groups (broad SMARTS) is 1. The third-order valence-corrected chi connectivity index (χ3v) is 1.66. The van der Waals surface area contributed by atoms with Gasteiger partial charge in [0.2, 0.25) is 3.79 Å². The molecule has 0 aliphatic rings. The van der Waals surface area contributed by atoms with Crippen LogP contribution >= 0.6 is 34.8 Å². The molecule has 0 saturated heterocycles. The molecule has 0 radical (unpaired) electrons. The van der Waals surface area contributed by atoms with E-state index in [1.54, 1.807) is 0 Å². The molecule has 0 aliphatic carbocycles. The van der Waals surface area contributed by atoms with Crippen molar-refractivity contribution < 1.29 is 14.6 Å². The summed E-state index contributed by atoms with van der Waals surface area (Å²) in [5.74, 6) is 0. The molecule has 0 aromatic rings. The largest absolute Gasteiger partial charge is 0.506 e. The zero-order valence-corrected chi connectivity index (χ0v) is 7.24. The van der Waals surface area contributed by atoms with Crippen molar-refractivity contribution in [2.24, 2.45) is 0 Å². The highest BCUT2D eigenvalue weighted by Crippen LogP contribution is 2.31. The minimum Gasteiger partial charge on any atom is -0.450 e. The van der Waals surface area contributed by atoms with Gasteiger partial charge in [-0.2, -0.15) is 0 Å². The van der Waals surface area contributed by atoms with Gasteiger partial charge < -0.3 is 9.84 Å². The van der Waals surface area contributed by atoms with Crippen LogP contribution in [0.15, 0.2) is 0 Å². The molecule has 0 aromatic heterocycles. The van der Waals surface area contributed by atoms with Crippen molar-refractivity contribution in [2.45, 2.75) is 16.8 Å². The summed E-state index contributed by atoms with van der Waals surface area (Å²) in [5.41, 5.74) is 0. The van der Waals surface area contributed by atoms with Gasteiger partial charge >= 0.3 is 6.16 Å². The second-order valence-electron chi connectivity index (χ2n) is 1.57. The van der Waals surface area contributed by atoms with Crippen LogP contribution in [0.3, 0.4) is 0 Å². The molecule has 60 valence electrons. The van der Waals surface area contributed by atoms with Crippen LogP contribution in [0, 0.1) is 0 Å². The van der Waals surface area contributed by atoms with E-state index in [9.17, 15) is 4.79 Å². The topological polar surface area (TPSA) is 46.5 Å². The minimum absolute atomic E-state index is 0.963. The SMILES string of the molecule is CC(OC(=O)O)C(Cl)(Cl)Cl. The molecule has 1 unspecified atom stereocenters. The van der Waals surface area contributed by atoms with E-state index in [2.05, 4.69) is 4.74 Å². The van der Waals surface area contributed by atoms with Gasteiger partial charge in [-0.15, -0.1) is 0 Å². The van der Waals surface area contributed by atoms with Crippen molar-refractivity contribution in [1.29, 1.82) is 0 Å². The van der Waals surface area contributed by atoms with E-state index in [4.69, 9.17) is 39.9 Å². The average molecular weight is 207 g/mol. The molecule has 1 atom stereocenters. The predicted molar refractivity (Wildman–Crippen MR) is 38.9 cm³/mol. The van der Waals surface area contributed by atoms with E-state index in [1.807, 2.05) is 0 Å². The van der Waals surface area contributed by atoms with Crippen molar-refractivity contribution >= 4 is 41.0 Å². The lowest BCUT2D eigenvalue weighted by Gasteiger charge is -2.17. The highest BCUT2D eigenvalue weighted by atomic mass is 35.6. The summed E-state index contributed by atoms with van der Waals surface area (Å²) in [6.07, 6.45) is -2.42. The lowest BCUT2D eigenvalue weighted by molar-refractivity contribution is 0.0605. The van der Waals surface area contributed by atoms with Crippen molar-refractivity contribution in [3.05, 3.63) is 0 Å². The third kappa shape index (κ3) is 4.04. The number of alkyl halides is 3. The summed E-state index contributed by atoms with van der Waals surface area (Å²) in [6.45, 7) is 1.35. The summed E-state index contributed by atoms with van der Waals surface area (Å²) in [7, 11) is 0. The van der Waals surface area contributed by atoms with Crippen LogP contribution in [0.2, 0.25) is 0 Å². The second-order valence-corrected chi connectivity index (χ2v) is 3.94. The zero-order valence-electron chi connectivity index (χ0n) is 4.97. The molecule has 0 heterocycles. The molecule has 0 spiro atoms. The first-order valence-corrected chi connectivity index (χ1v) is 3.43. The standard InChI is InChI=1S/C4H5Cl3O3/c1-2(4(5,6)7)10-3(8)9/h2H,1H3,(H,8,9). The molecule has 0 amide bonds. The Kier molecular flexibility index (Phi) is 3.56. The summed E-state index contributed by atoms with van der Waals surface area (Å²) in [6, 6.07) is 0. The van der Waals surface area contributed by atoms with Gasteiger partial charge in [0.25, 0.3) is 0 Å². The number of carbonyl (C=O) groups is 1. The first kappa shape index (κ1) is 10.1. The van der Waals surface area contributed by atoms with Gasteiger partial charge in [0.15, 0.2) is 0 Å². The lowest BCUT2D eigenvalue weighted by atomic mass is 10.5. The molecule has 1 N–H and O–H groups in total. The first-order valence-electron chi connectivity index (χ1n) is 2.30. The lowest BCUT2D eigenvalue weighted by Crippen LogP contribution is -2.27. The van der Waals surface area contributed by atoms with Crippen LogP contribution in [-0.4, -0.2) is 21.2 Å². The van der Waals surface area contributed by atoms with Gasteiger partial charge in [-0.3, -0.25) is 0 Å². The van der Waals surface area contributed by atoms with Crippen LogP contribution in [0.5, 0.6) is 0 Å². The maximum absolute atomic E-state index is 9.86. The normalized spacial score (nSPS) is 14.4. The molecule has 6 heteroatoms. The smallest absolute Gasteiger partial charge is 0.450 e. The number of rotatable bonds is 1. The number of hydrogen-bond donors (Lipinski definition) is 1. The fourth-order valence-corrected chi connectivity index (χ4v) is 0.352. The Morgan fingerprint density at radius 2 is 2.00 bits per heavy atom. The second kappa shape index (κ2) is 3.51. The number of ether oxygens (including phenoxy) is 1. The highest BCUT2D eigenvalue weighted by Gasteiger charge is 2.31. The Bertz CT molecular complexity index is 130. The van der Waals surface area contributed by atoms with Gasteiger partial charge in [-0.05, 0) is 6.92 Å². The van der Waals surface area contributed by atoms with E-state index in [0.29, 0.717) is 0 Å². The first-order chi connectivity index (χ1) is 4.34. The summed E-state index contributed by atoms with van der Waals surface area (Å²) in [4.78, 5) is 9.86. The molecular weight excluding hydrogens is 202 g/mol. The molecule has 0 saturated carbocycles. The maximum atomic E-state index is 9.86. The van der Waals surface area contributed by atoms with E-state index < -0.39 is 16.1 Å². The average Bonchev–Trinajstić information content (AvgIpc) is 1.60. The fourth-order valence-electron chi connectivity index (χ4n) is 0.218. The molecule has 0 bridgehead atoms. The Balaban J connectivity index is 3.85.